The van der Waals surface area contributed by atoms with Gasteiger partial charge in [0.25, 0.3) is 0 Å². The van der Waals surface area contributed by atoms with Crippen LogP contribution in [-0.2, 0) is 4.79 Å². The van der Waals surface area contributed by atoms with Gasteiger partial charge in [0.15, 0.2) is 0 Å². The highest BCUT2D eigenvalue weighted by Crippen LogP contribution is 2.21. The van der Waals surface area contributed by atoms with E-state index in [-0.39, 0.29) is 23.1 Å². The van der Waals surface area contributed by atoms with Crippen LogP contribution in [0.1, 0.15) is 45.1 Å². The second-order valence-corrected chi connectivity index (χ2v) is 4.54. The van der Waals surface area contributed by atoms with Crippen molar-refractivity contribution in [3.63, 3.8) is 0 Å². The third-order valence-corrected chi connectivity index (χ3v) is 3.03. The van der Waals surface area contributed by atoms with Crippen LogP contribution in [0.3, 0.4) is 0 Å². The first-order chi connectivity index (χ1) is 9.13. The summed E-state index contributed by atoms with van der Waals surface area (Å²) < 4.78 is 13.4. The molecule has 0 bridgehead atoms. The Balaban J connectivity index is 2.87. The monoisotopic (exact) mass is 262 g/mol. The first kappa shape index (κ1) is 15.2. The summed E-state index contributed by atoms with van der Waals surface area (Å²) in [7, 11) is 0. The molecule has 1 aromatic rings. The van der Waals surface area contributed by atoms with E-state index in [1.807, 2.05) is 13.8 Å². The molecule has 0 aliphatic rings. The Morgan fingerprint density at radius 1 is 1.37 bits per heavy atom. The number of hydrogen-bond donors (Lipinski definition) is 1. The lowest BCUT2D eigenvalue weighted by Crippen LogP contribution is -2.23. The number of hydrogen-bond acceptors (Lipinski definition) is 2. The van der Waals surface area contributed by atoms with Crippen LogP contribution in [0.2, 0.25) is 0 Å². The van der Waals surface area contributed by atoms with E-state index in [1.165, 1.54) is 12.1 Å². The normalized spacial score (nSPS) is 10.3. The van der Waals surface area contributed by atoms with Gasteiger partial charge in [-0.2, -0.15) is 5.26 Å². The Bertz CT molecular complexity index is 474. The zero-order chi connectivity index (χ0) is 14.3. The fourth-order valence-corrected chi connectivity index (χ4v) is 2.08. The summed E-state index contributed by atoms with van der Waals surface area (Å²) in [4.78, 5) is 12.1. The van der Waals surface area contributed by atoms with E-state index >= 15 is 0 Å². The van der Waals surface area contributed by atoms with Crippen molar-refractivity contribution in [1.82, 2.24) is 0 Å². The minimum atomic E-state index is -0.608. The molecule has 19 heavy (non-hydrogen) atoms. The predicted octanol–water partition coefficient (Wildman–Crippen LogP) is 3.85. The van der Waals surface area contributed by atoms with Gasteiger partial charge in [-0.15, -0.1) is 0 Å². The molecule has 0 heterocycles. The smallest absolute Gasteiger partial charge is 0.227 e. The summed E-state index contributed by atoms with van der Waals surface area (Å²) in [5, 5.41) is 11.6. The van der Waals surface area contributed by atoms with Gasteiger partial charge in [0.2, 0.25) is 5.91 Å². The number of carbonyl (C=O) groups is 1. The van der Waals surface area contributed by atoms with Crippen molar-refractivity contribution in [3.8, 4) is 6.07 Å². The lowest BCUT2D eigenvalue weighted by Gasteiger charge is -2.15. The van der Waals surface area contributed by atoms with E-state index < -0.39 is 5.82 Å². The van der Waals surface area contributed by atoms with Crippen molar-refractivity contribution in [2.24, 2.45) is 5.92 Å². The molecular weight excluding hydrogens is 243 g/mol. The first-order valence-electron chi connectivity index (χ1n) is 6.63. The molecule has 0 spiro atoms. The van der Waals surface area contributed by atoms with Crippen molar-refractivity contribution in [3.05, 3.63) is 29.6 Å². The molecule has 0 atom stereocenters. The van der Waals surface area contributed by atoms with Gasteiger partial charge < -0.3 is 5.32 Å². The number of nitrogens with zero attached hydrogens (tertiary/aromatic N) is 1. The van der Waals surface area contributed by atoms with Crippen LogP contribution in [0.4, 0.5) is 10.1 Å². The molecule has 3 nitrogen and oxygen atoms in total. The molecule has 0 aromatic heterocycles. The molecule has 0 unspecified atom stereocenters. The third-order valence-electron chi connectivity index (χ3n) is 3.03. The first-order valence-corrected chi connectivity index (χ1v) is 6.63. The summed E-state index contributed by atoms with van der Waals surface area (Å²) in [6, 6.07) is 6.03. The van der Waals surface area contributed by atoms with Crippen molar-refractivity contribution in [2.45, 2.75) is 39.5 Å². The van der Waals surface area contributed by atoms with Gasteiger partial charge in [0, 0.05) is 5.92 Å². The summed E-state index contributed by atoms with van der Waals surface area (Å²) in [6.07, 6.45) is 3.45. The molecule has 0 fully saturated rings. The maximum atomic E-state index is 13.4. The molecule has 1 amide bonds. The van der Waals surface area contributed by atoms with Crippen LogP contribution in [0.15, 0.2) is 18.2 Å². The summed E-state index contributed by atoms with van der Waals surface area (Å²) in [5.41, 5.74) is 0.146. The van der Waals surface area contributed by atoms with Crippen molar-refractivity contribution in [2.75, 3.05) is 5.32 Å². The number of carbonyl (C=O) groups excluding carboxylic acids is 1. The Morgan fingerprint density at radius 3 is 2.53 bits per heavy atom. The molecule has 0 aliphatic heterocycles. The average molecular weight is 262 g/mol. The summed E-state index contributed by atoms with van der Waals surface area (Å²) in [5.74, 6) is -0.821. The highest BCUT2D eigenvalue weighted by atomic mass is 19.1. The second-order valence-electron chi connectivity index (χ2n) is 4.54. The maximum absolute atomic E-state index is 13.4. The number of rotatable bonds is 6. The summed E-state index contributed by atoms with van der Waals surface area (Å²) >= 11 is 0. The molecule has 102 valence electrons. The zero-order valence-corrected chi connectivity index (χ0v) is 11.4. The van der Waals surface area contributed by atoms with E-state index in [2.05, 4.69) is 5.32 Å². The quantitative estimate of drug-likeness (QED) is 0.846. The molecule has 1 aromatic carbocycles. The van der Waals surface area contributed by atoms with E-state index in [4.69, 9.17) is 5.26 Å². The van der Waals surface area contributed by atoms with Crippen molar-refractivity contribution < 1.29 is 9.18 Å². The molecule has 0 radical (unpaired) electrons. The van der Waals surface area contributed by atoms with Crippen molar-refractivity contribution >= 4 is 11.6 Å². The van der Waals surface area contributed by atoms with E-state index in [0.717, 1.165) is 25.7 Å². The third kappa shape index (κ3) is 4.06. The summed E-state index contributed by atoms with van der Waals surface area (Å²) in [6.45, 7) is 4.05. The van der Waals surface area contributed by atoms with Gasteiger partial charge in [-0.1, -0.05) is 32.8 Å². The van der Waals surface area contributed by atoms with Gasteiger partial charge in [-0.3, -0.25) is 4.79 Å². The van der Waals surface area contributed by atoms with Crippen LogP contribution in [0, 0.1) is 23.1 Å². The fraction of sp³-hybridized carbons (Fsp3) is 0.467. The Morgan fingerprint density at radius 2 is 2.00 bits per heavy atom. The van der Waals surface area contributed by atoms with Gasteiger partial charge in [-0.05, 0) is 25.0 Å². The highest BCUT2D eigenvalue weighted by molar-refractivity contribution is 5.93. The number of anilines is 1. The maximum Gasteiger partial charge on any atom is 0.227 e. The van der Waals surface area contributed by atoms with Crippen LogP contribution in [-0.4, -0.2) is 5.91 Å². The highest BCUT2D eigenvalue weighted by Gasteiger charge is 2.18. The lowest BCUT2D eigenvalue weighted by atomic mass is 9.97. The Labute approximate surface area is 113 Å². The van der Waals surface area contributed by atoms with Crippen molar-refractivity contribution in [1.29, 1.82) is 5.26 Å². The molecule has 0 aliphatic carbocycles. The van der Waals surface area contributed by atoms with Gasteiger partial charge in [-0.25, -0.2) is 4.39 Å². The number of nitriles is 1. The Hall–Kier alpha value is -1.89. The van der Waals surface area contributed by atoms with E-state index in [0.29, 0.717) is 0 Å². The standard InChI is InChI=1S/C15H19FN2O/c1-3-6-11(7-4-2)15(19)18-14-9-5-8-13(16)12(14)10-17/h5,8-9,11H,3-4,6-7H2,1-2H3,(H,18,19). The molecule has 0 saturated heterocycles. The molecule has 1 N–H and O–H groups in total. The van der Waals surface area contributed by atoms with Crippen LogP contribution >= 0.6 is 0 Å². The van der Waals surface area contributed by atoms with Crippen LogP contribution < -0.4 is 5.32 Å². The zero-order valence-electron chi connectivity index (χ0n) is 11.4. The molecule has 4 heteroatoms. The van der Waals surface area contributed by atoms with Gasteiger partial charge in [0.05, 0.1) is 5.69 Å². The molecule has 0 saturated carbocycles. The van der Waals surface area contributed by atoms with Gasteiger partial charge >= 0.3 is 0 Å². The fourth-order valence-electron chi connectivity index (χ4n) is 2.08. The minimum absolute atomic E-state index is 0.0789. The van der Waals surface area contributed by atoms with Crippen LogP contribution in [0.25, 0.3) is 0 Å². The van der Waals surface area contributed by atoms with Crippen LogP contribution in [0.5, 0.6) is 0 Å². The average Bonchev–Trinajstić information content (AvgIpc) is 2.38. The van der Waals surface area contributed by atoms with Gasteiger partial charge in [0.1, 0.15) is 17.4 Å². The number of benzene rings is 1. The molecular formula is C15H19FN2O. The number of nitrogens with one attached hydrogen (secondary N) is 1. The lowest BCUT2D eigenvalue weighted by molar-refractivity contribution is -0.120. The topological polar surface area (TPSA) is 52.9 Å². The molecule has 1 rings (SSSR count). The predicted molar refractivity (Wildman–Crippen MR) is 73.1 cm³/mol. The number of amides is 1. The number of halogens is 1. The van der Waals surface area contributed by atoms with E-state index in [9.17, 15) is 9.18 Å². The second kappa shape index (κ2) is 7.52. The SMILES string of the molecule is CCCC(CCC)C(=O)Nc1cccc(F)c1C#N. The van der Waals surface area contributed by atoms with E-state index in [1.54, 1.807) is 12.1 Å². The Kier molecular flexibility index (Phi) is 6.01. The largest absolute Gasteiger partial charge is 0.325 e. The minimum Gasteiger partial charge on any atom is -0.325 e.